The second kappa shape index (κ2) is 4.19. The fraction of sp³-hybridized carbons (Fsp3) is 0.250. The van der Waals surface area contributed by atoms with Crippen LogP contribution in [0.3, 0.4) is 0 Å². The molecule has 2 rings (SSSR count). The molecule has 1 heterocycles. The molecule has 1 aliphatic heterocycles. The Morgan fingerprint density at radius 1 is 1.47 bits per heavy atom. The van der Waals surface area contributed by atoms with Crippen molar-refractivity contribution in [2.24, 2.45) is 0 Å². The SMILES string of the molecule is C=C1CCN(c2c(Br)cccc2C=O)C1. The second-order valence-electron chi connectivity index (χ2n) is 3.72. The highest BCUT2D eigenvalue weighted by Gasteiger charge is 2.19. The van der Waals surface area contributed by atoms with Crippen LogP contribution in [-0.2, 0) is 0 Å². The summed E-state index contributed by atoms with van der Waals surface area (Å²) in [5.74, 6) is 0. The maximum Gasteiger partial charge on any atom is 0.152 e. The van der Waals surface area contributed by atoms with Crippen molar-refractivity contribution in [2.75, 3.05) is 18.0 Å². The number of hydrogen-bond donors (Lipinski definition) is 0. The first-order valence-electron chi connectivity index (χ1n) is 4.87. The average Bonchev–Trinajstić information content (AvgIpc) is 2.64. The van der Waals surface area contributed by atoms with E-state index in [0.717, 1.165) is 41.5 Å². The van der Waals surface area contributed by atoms with Crippen molar-refractivity contribution >= 4 is 27.9 Å². The number of para-hydroxylation sites is 1. The zero-order valence-electron chi connectivity index (χ0n) is 8.37. The molecule has 0 unspecified atom stereocenters. The first-order chi connectivity index (χ1) is 7.22. The summed E-state index contributed by atoms with van der Waals surface area (Å²) in [7, 11) is 0. The van der Waals surface area contributed by atoms with Gasteiger partial charge in [0.25, 0.3) is 0 Å². The molecule has 2 nitrogen and oxygen atoms in total. The first kappa shape index (κ1) is 10.4. The van der Waals surface area contributed by atoms with Crippen molar-refractivity contribution in [3.05, 3.63) is 40.4 Å². The molecule has 0 spiro atoms. The summed E-state index contributed by atoms with van der Waals surface area (Å²) in [6, 6.07) is 5.68. The van der Waals surface area contributed by atoms with Gasteiger partial charge in [0, 0.05) is 23.1 Å². The summed E-state index contributed by atoms with van der Waals surface area (Å²) < 4.78 is 0.974. The third-order valence-electron chi connectivity index (χ3n) is 2.61. The van der Waals surface area contributed by atoms with Crippen LogP contribution in [0.4, 0.5) is 5.69 Å². The minimum Gasteiger partial charge on any atom is -0.366 e. The summed E-state index contributed by atoms with van der Waals surface area (Å²) in [6.07, 6.45) is 1.92. The number of carbonyl (C=O) groups is 1. The fourth-order valence-electron chi connectivity index (χ4n) is 1.87. The first-order valence-corrected chi connectivity index (χ1v) is 5.67. The topological polar surface area (TPSA) is 20.3 Å². The Hall–Kier alpha value is -1.09. The number of aldehydes is 1. The van der Waals surface area contributed by atoms with Crippen LogP contribution in [0.5, 0.6) is 0 Å². The molecule has 3 heteroatoms. The van der Waals surface area contributed by atoms with Gasteiger partial charge in [0.2, 0.25) is 0 Å². The largest absolute Gasteiger partial charge is 0.366 e. The lowest BCUT2D eigenvalue weighted by Gasteiger charge is -2.20. The average molecular weight is 266 g/mol. The molecule has 15 heavy (non-hydrogen) atoms. The molecule has 0 aliphatic carbocycles. The Morgan fingerprint density at radius 2 is 2.27 bits per heavy atom. The number of anilines is 1. The molecule has 1 aromatic carbocycles. The van der Waals surface area contributed by atoms with Crippen molar-refractivity contribution in [1.29, 1.82) is 0 Å². The maximum atomic E-state index is 10.9. The van der Waals surface area contributed by atoms with E-state index in [1.807, 2.05) is 18.2 Å². The zero-order chi connectivity index (χ0) is 10.8. The molecule has 1 aromatic rings. The number of halogens is 1. The van der Waals surface area contributed by atoms with Crippen LogP contribution in [0.25, 0.3) is 0 Å². The van der Waals surface area contributed by atoms with Crippen LogP contribution in [0, 0.1) is 0 Å². The van der Waals surface area contributed by atoms with Crippen molar-refractivity contribution in [1.82, 2.24) is 0 Å². The normalized spacial score (nSPS) is 15.8. The summed E-state index contributed by atoms with van der Waals surface area (Å²) in [4.78, 5) is 13.1. The molecule has 0 amide bonds. The van der Waals surface area contributed by atoms with E-state index < -0.39 is 0 Å². The van der Waals surface area contributed by atoms with Gasteiger partial charge in [0.1, 0.15) is 0 Å². The van der Waals surface area contributed by atoms with Crippen molar-refractivity contribution in [2.45, 2.75) is 6.42 Å². The van der Waals surface area contributed by atoms with Crippen LogP contribution >= 0.6 is 15.9 Å². The molecule has 0 N–H and O–H groups in total. The van der Waals surface area contributed by atoms with Crippen LogP contribution in [0.1, 0.15) is 16.8 Å². The highest BCUT2D eigenvalue weighted by molar-refractivity contribution is 9.10. The van der Waals surface area contributed by atoms with E-state index in [1.54, 1.807) is 0 Å². The van der Waals surface area contributed by atoms with Crippen molar-refractivity contribution in [3.63, 3.8) is 0 Å². The monoisotopic (exact) mass is 265 g/mol. The lowest BCUT2D eigenvalue weighted by atomic mass is 10.2. The van der Waals surface area contributed by atoms with Gasteiger partial charge >= 0.3 is 0 Å². The minimum absolute atomic E-state index is 0.735. The molecule has 1 saturated heterocycles. The van der Waals surface area contributed by atoms with Crippen LogP contribution in [0.15, 0.2) is 34.8 Å². The lowest BCUT2D eigenvalue weighted by molar-refractivity contribution is 0.112. The molecule has 0 saturated carbocycles. The summed E-state index contributed by atoms with van der Waals surface area (Å²) in [5.41, 5.74) is 2.95. The van der Waals surface area contributed by atoms with E-state index in [9.17, 15) is 4.79 Å². The molecule has 0 aromatic heterocycles. The van der Waals surface area contributed by atoms with Gasteiger partial charge in [0.05, 0.1) is 5.69 Å². The van der Waals surface area contributed by atoms with Crippen LogP contribution in [0.2, 0.25) is 0 Å². The predicted octanol–water partition coefficient (Wildman–Crippen LogP) is 3.03. The van der Waals surface area contributed by atoms with Crippen molar-refractivity contribution in [3.8, 4) is 0 Å². The van der Waals surface area contributed by atoms with E-state index in [-0.39, 0.29) is 0 Å². The van der Waals surface area contributed by atoms with Crippen LogP contribution in [-0.4, -0.2) is 19.4 Å². The van der Waals surface area contributed by atoms with Gasteiger partial charge in [-0.3, -0.25) is 4.79 Å². The van der Waals surface area contributed by atoms with Gasteiger partial charge in [-0.25, -0.2) is 0 Å². The quantitative estimate of drug-likeness (QED) is 0.605. The van der Waals surface area contributed by atoms with Crippen molar-refractivity contribution < 1.29 is 4.79 Å². The highest BCUT2D eigenvalue weighted by atomic mass is 79.9. The van der Waals surface area contributed by atoms with E-state index in [0.29, 0.717) is 0 Å². The van der Waals surface area contributed by atoms with Crippen LogP contribution < -0.4 is 4.90 Å². The maximum absolute atomic E-state index is 10.9. The molecule has 0 bridgehead atoms. The van der Waals surface area contributed by atoms with E-state index in [4.69, 9.17) is 0 Å². The zero-order valence-corrected chi connectivity index (χ0v) is 9.96. The minimum atomic E-state index is 0.735. The lowest BCUT2D eigenvalue weighted by Crippen LogP contribution is -2.20. The Morgan fingerprint density at radius 3 is 2.87 bits per heavy atom. The van der Waals surface area contributed by atoms with Gasteiger partial charge in [-0.05, 0) is 34.5 Å². The molecule has 78 valence electrons. The van der Waals surface area contributed by atoms with Gasteiger partial charge in [0.15, 0.2) is 6.29 Å². The summed E-state index contributed by atoms with van der Waals surface area (Å²) >= 11 is 3.49. The number of benzene rings is 1. The Bertz CT molecular complexity index is 414. The molecule has 1 fully saturated rings. The number of nitrogens with zero attached hydrogens (tertiary/aromatic N) is 1. The molecular weight excluding hydrogens is 254 g/mol. The smallest absolute Gasteiger partial charge is 0.152 e. The third kappa shape index (κ3) is 1.97. The fourth-order valence-corrected chi connectivity index (χ4v) is 2.51. The van der Waals surface area contributed by atoms with E-state index in [1.165, 1.54) is 5.57 Å². The van der Waals surface area contributed by atoms with Gasteiger partial charge < -0.3 is 4.90 Å². The van der Waals surface area contributed by atoms with Gasteiger partial charge in [-0.15, -0.1) is 0 Å². The molecular formula is C12H12BrNO. The number of hydrogen-bond acceptors (Lipinski definition) is 2. The highest BCUT2D eigenvalue weighted by Crippen LogP contribution is 2.32. The van der Waals surface area contributed by atoms with E-state index >= 15 is 0 Å². The standard InChI is InChI=1S/C12H12BrNO/c1-9-5-6-14(7-9)12-10(8-15)3-2-4-11(12)13/h2-4,8H,1,5-7H2. The third-order valence-corrected chi connectivity index (χ3v) is 3.25. The Kier molecular flexibility index (Phi) is 2.91. The van der Waals surface area contributed by atoms with E-state index in [2.05, 4.69) is 27.4 Å². The van der Waals surface area contributed by atoms with Gasteiger partial charge in [-0.2, -0.15) is 0 Å². The molecule has 0 atom stereocenters. The summed E-state index contributed by atoms with van der Waals surface area (Å²) in [5, 5.41) is 0. The molecule has 1 aliphatic rings. The Balaban J connectivity index is 2.42. The second-order valence-corrected chi connectivity index (χ2v) is 4.57. The molecule has 0 radical (unpaired) electrons. The summed E-state index contributed by atoms with van der Waals surface area (Å²) in [6.45, 7) is 5.77. The Labute approximate surface area is 97.7 Å². The predicted molar refractivity (Wildman–Crippen MR) is 65.5 cm³/mol. The number of rotatable bonds is 2. The number of carbonyl (C=O) groups excluding carboxylic acids is 1. The van der Waals surface area contributed by atoms with Gasteiger partial charge in [-0.1, -0.05) is 18.2 Å².